The number of nitrogens with one attached hydrogen (secondary N) is 1. The molecule has 0 atom stereocenters. The fourth-order valence-corrected chi connectivity index (χ4v) is 2.25. The number of hydrogen-bond donors (Lipinski definition) is 2. The van der Waals surface area contributed by atoms with Gasteiger partial charge in [-0.2, -0.15) is 0 Å². The normalized spacial score (nSPS) is 13.4. The van der Waals surface area contributed by atoms with E-state index in [1.54, 1.807) is 12.1 Å². The van der Waals surface area contributed by atoms with Crippen molar-refractivity contribution in [3.05, 3.63) is 53.8 Å². The molecule has 132 valence electrons. The molecular weight excluding hydrogens is 303 g/mol. The Morgan fingerprint density at radius 2 is 1.96 bits per heavy atom. The second-order valence-electron chi connectivity index (χ2n) is 6.08. The van der Waals surface area contributed by atoms with E-state index in [2.05, 4.69) is 24.1 Å². The first kappa shape index (κ1) is 19.7. The first-order valence-corrected chi connectivity index (χ1v) is 8.32. The van der Waals surface area contributed by atoms with Crippen LogP contribution in [-0.2, 0) is 0 Å². The highest BCUT2D eigenvalue weighted by atomic mass is 19.1. The molecule has 0 aliphatic carbocycles. The standard InChI is InChI=1S/C19H29FN4/c1-6-8-18(22-16-11-9-15(20)10-12-16)23-19(17(21)7-2)24(5)13-14(3)4/h7-12,14,22H,6,13,21H2,1-5H3/b17-7+,18-8+,23-19+. The van der Waals surface area contributed by atoms with Crippen LogP contribution in [0.4, 0.5) is 10.1 Å². The molecule has 0 fully saturated rings. The molecule has 1 rings (SSSR count). The maximum Gasteiger partial charge on any atom is 0.153 e. The lowest BCUT2D eigenvalue weighted by Crippen LogP contribution is -2.34. The maximum absolute atomic E-state index is 13.1. The van der Waals surface area contributed by atoms with Crippen LogP contribution in [0.25, 0.3) is 0 Å². The van der Waals surface area contributed by atoms with Crippen molar-refractivity contribution >= 4 is 11.5 Å². The van der Waals surface area contributed by atoms with Crippen molar-refractivity contribution in [3.8, 4) is 0 Å². The summed E-state index contributed by atoms with van der Waals surface area (Å²) in [6.07, 6.45) is 4.65. The molecule has 0 aliphatic rings. The molecule has 0 aliphatic heterocycles. The lowest BCUT2D eigenvalue weighted by Gasteiger charge is -2.24. The number of allylic oxidation sites excluding steroid dienone is 2. The van der Waals surface area contributed by atoms with Crippen LogP contribution in [0.3, 0.4) is 0 Å². The number of nitrogens with zero attached hydrogens (tertiary/aromatic N) is 2. The zero-order valence-electron chi connectivity index (χ0n) is 15.3. The molecule has 0 radical (unpaired) electrons. The number of likely N-dealkylation sites (N-methyl/N-ethyl adjacent to an activating group) is 1. The Labute approximate surface area is 145 Å². The Morgan fingerprint density at radius 3 is 2.46 bits per heavy atom. The number of hydrogen-bond acceptors (Lipinski definition) is 3. The summed E-state index contributed by atoms with van der Waals surface area (Å²) >= 11 is 0. The van der Waals surface area contributed by atoms with E-state index in [9.17, 15) is 4.39 Å². The van der Waals surface area contributed by atoms with E-state index < -0.39 is 0 Å². The van der Waals surface area contributed by atoms with Crippen LogP contribution in [0, 0.1) is 11.7 Å². The zero-order chi connectivity index (χ0) is 18.1. The van der Waals surface area contributed by atoms with Crippen LogP contribution in [-0.4, -0.2) is 24.3 Å². The van der Waals surface area contributed by atoms with Crippen LogP contribution in [0.5, 0.6) is 0 Å². The number of aliphatic imine (C=N–C) groups is 1. The molecule has 4 nitrogen and oxygen atoms in total. The lowest BCUT2D eigenvalue weighted by molar-refractivity contribution is 0.424. The van der Waals surface area contributed by atoms with Crippen molar-refractivity contribution in [2.75, 3.05) is 18.9 Å². The number of benzene rings is 1. The molecule has 24 heavy (non-hydrogen) atoms. The van der Waals surface area contributed by atoms with Crippen molar-refractivity contribution < 1.29 is 4.39 Å². The average molecular weight is 332 g/mol. The smallest absolute Gasteiger partial charge is 0.153 e. The molecular formula is C19H29FN4. The fourth-order valence-electron chi connectivity index (χ4n) is 2.25. The third-order valence-electron chi connectivity index (χ3n) is 3.31. The summed E-state index contributed by atoms with van der Waals surface area (Å²) < 4.78 is 13.1. The van der Waals surface area contributed by atoms with Gasteiger partial charge in [0.2, 0.25) is 0 Å². The van der Waals surface area contributed by atoms with E-state index in [-0.39, 0.29) is 5.82 Å². The van der Waals surface area contributed by atoms with E-state index in [1.165, 1.54) is 12.1 Å². The lowest BCUT2D eigenvalue weighted by atomic mass is 10.2. The SMILES string of the molecule is C\C=C(N)/C(=N\C(=C\CC)Nc1ccc(F)cc1)N(C)CC(C)C. The highest BCUT2D eigenvalue weighted by Crippen LogP contribution is 2.14. The zero-order valence-corrected chi connectivity index (χ0v) is 15.3. The first-order chi connectivity index (χ1) is 11.4. The summed E-state index contributed by atoms with van der Waals surface area (Å²) in [5.41, 5.74) is 7.54. The molecule has 0 heterocycles. The van der Waals surface area contributed by atoms with Gasteiger partial charge in [-0.05, 0) is 49.6 Å². The predicted molar refractivity (Wildman–Crippen MR) is 101 cm³/mol. The van der Waals surface area contributed by atoms with Crippen molar-refractivity contribution in [2.24, 2.45) is 16.6 Å². The maximum atomic E-state index is 13.1. The molecule has 1 aromatic rings. The van der Waals surface area contributed by atoms with Gasteiger partial charge in [-0.3, -0.25) is 0 Å². The molecule has 0 spiro atoms. The second kappa shape index (κ2) is 9.75. The molecule has 3 N–H and O–H groups in total. The highest BCUT2D eigenvalue weighted by molar-refractivity contribution is 5.98. The largest absolute Gasteiger partial charge is 0.396 e. The van der Waals surface area contributed by atoms with Crippen LogP contribution in [0.15, 0.2) is 52.9 Å². The second-order valence-corrected chi connectivity index (χ2v) is 6.08. The summed E-state index contributed by atoms with van der Waals surface area (Å²) in [7, 11) is 1.98. The van der Waals surface area contributed by atoms with Gasteiger partial charge in [-0.1, -0.05) is 26.8 Å². The van der Waals surface area contributed by atoms with Gasteiger partial charge in [0.1, 0.15) is 11.6 Å². The van der Waals surface area contributed by atoms with Gasteiger partial charge < -0.3 is 16.0 Å². The first-order valence-electron chi connectivity index (χ1n) is 8.32. The van der Waals surface area contributed by atoms with E-state index >= 15 is 0 Å². The van der Waals surface area contributed by atoms with Crippen molar-refractivity contribution in [3.63, 3.8) is 0 Å². The van der Waals surface area contributed by atoms with E-state index in [0.29, 0.717) is 17.4 Å². The number of anilines is 1. The number of nitrogens with two attached hydrogens (primary N) is 1. The van der Waals surface area contributed by atoms with Crippen LogP contribution < -0.4 is 11.1 Å². The monoisotopic (exact) mass is 332 g/mol. The fraction of sp³-hybridized carbons (Fsp3) is 0.421. The highest BCUT2D eigenvalue weighted by Gasteiger charge is 2.12. The van der Waals surface area contributed by atoms with Gasteiger partial charge in [-0.25, -0.2) is 9.38 Å². The van der Waals surface area contributed by atoms with Crippen LogP contribution in [0.1, 0.15) is 34.1 Å². The Morgan fingerprint density at radius 1 is 1.33 bits per heavy atom. The third kappa shape index (κ3) is 6.44. The molecule has 0 bridgehead atoms. The number of rotatable bonds is 7. The summed E-state index contributed by atoms with van der Waals surface area (Å²) in [5, 5.41) is 3.22. The minimum absolute atomic E-state index is 0.263. The van der Waals surface area contributed by atoms with Gasteiger partial charge in [0.25, 0.3) is 0 Å². The quantitative estimate of drug-likeness (QED) is 0.577. The number of amidine groups is 1. The Balaban J connectivity index is 3.12. The Hall–Kier alpha value is -2.30. The predicted octanol–water partition coefficient (Wildman–Crippen LogP) is 4.34. The molecule has 5 heteroatoms. The minimum atomic E-state index is -0.263. The van der Waals surface area contributed by atoms with Gasteiger partial charge in [-0.15, -0.1) is 0 Å². The summed E-state index contributed by atoms with van der Waals surface area (Å²) in [4.78, 5) is 6.76. The molecule has 0 unspecified atom stereocenters. The number of halogens is 1. The summed E-state index contributed by atoms with van der Waals surface area (Å²) in [5.74, 6) is 1.65. The molecule has 0 saturated heterocycles. The van der Waals surface area contributed by atoms with E-state index in [0.717, 1.165) is 24.5 Å². The summed E-state index contributed by atoms with van der Waals surface area (Å²) in [6.45, 7) is 9.09. The van der Waals surface area contributed by atoms with Crippen LogP contribution in [0.2, 0.25) is 0 Å². The summed E-state index contributed by atoms with van der Waals surface area (Å²) in [6, 6.07) is 6.21. The molecule has 0 aromatic heterocycles. The molecule has 1 aromatic carbocycles. The van der Waals surface area contributed by atoms with Gasteiger partial charge in [0.05, 0.1) is 5.70 Å². The van der Waals surface area contributed by atoms with Crippen molar-refractivity contribution in [1.82, 2.24) is 4.90 Å². The van der Waals surface area contributed by atoms with Crippen molar-refractivity contribution in [1.29, 1.82) is 0 Å². The Kier molecular flexibility index (Phi) is 8.02. The average Bonchev–Trinajstić information content (AvgIpc) is 2.53. The third-order valence-corrected chi connectivity index (χ3v) is 3.31. The van der Waals surface area contributed by atoms with Crippen molar-refractivity contribution in [2.45, 2.75) is 34.1 Å². The van der Waals surface area contributed by atoms with Crippen LogP contribution >= 0.6 is 0 Å². The minimum Gasteiger partial charge on any atom is -0.396 e. The molecule has 0 amide bonds. The van der Waals surface area contributed by atoms with Gasteiger partial charge >= 0.3 is 0 Å². The topological polar surface area (TPSA) is 53.6 Å². The van der Waals surface area contributed by atoms with Gasteiger partial charge in [0, 0.05) is 19.3 Å². The van der Waals surface area contributed by atoms with Gasteiger partial charge in [0.15, 0.2) is 5.84 Å². The van der Waals surface area contributed by atoms with E-state index in [1.807, 2.05) is 33.0 Å². The van der Waals surface area contributed by atoms with E-state index in [4.69, 9.17) is 10.7 Å². The Bertz CT molecular complexity index is 600. The molecule has 0 saturated carbocycles.